The summed E-state index contributed by atoms with van der Waals surface area (Å²) in [7, 11) is 0. The minimum absolute atomic E-state index is 0.954. The van der Waals surface area contributed by atoms with Gasteiger partial charge in [-0.2, -0.15) is 0 Å². The van der Waals surface area contributed by atoms with Crippen LogP contribution in [0, 0.1) is 0 Å². The summed E-state index contributed by atoms with van der Waals surface area (Å²) in [6.07, 6.45) is 3.92. The molecule has 0 spiro atoms. The van der Waals surface area contributed by atoms with Gasteiger partial charge in [0.1, 0.15) is 0 Å². The fourth-order valence-corrected chi connectivity index (χ4v) is 2.92. The zero-order valence-electron chi connectivity index (χ0n) is 14.4. The normalized spacial score (nSPS) is 11.0. The third-order valence-corrected chi connectivity index (χ3v) is 4.42. The number of nitrogens with zero attached hydrogens (tertiary/aromatic N) is 2. The lowest BCUT2D eigenvalue weighted by molar-refractivity contribution is 0.295. The van der Waals surface area contributed by atoms with Crippen LogP contribution in [0.3, 0.4) is 0 Å². The second-order valence-electron chi connectivity index (χ2n) is 5.99. The standard InChI is InChI=1S/C22H24N2/c1-3-24(4-2)17-18-14-22(16-23-15-18)21-12-10-20(11-13-21)19-8-6-5-7-9-19/h5-16H,3-4,17H2,1-2H3. The van der Waals surface area contributed by atoms with Gasteiger partial charge in [0.2, 0.25) is 0 Å². The molecule has 0 saturated heterocycles. The van der Waals surface area contributed by atoms with Crippen LogP contribution in [-0.4, -0.2) is 23.0 Å². The van der Waals surface area contributed by atoms with Gasteiger partial charge in [-0.05, 0) is 41.4 Å². The largest absolute Gasteiger partial charge is 0.300 e. The molecule has 2 heteroatoms. The number of pyridine rings is 1. The molecule has 0 N–H and O–H groups in total. The summed E-state index contributed by atoms with van der Waals surface area (Å²) in [5.41, 5.74) is 6.15. The smallest absolute Gasteiger partial charge is 0.0346 e. The van der Waals surface area contributed by atoms with Crippen molar-refractivity contribution in [1.82, 2.24) is 9.88 Å². The van der Waals surface area contributed by atoms with E-state index in [1.165, 1.54) is 27.8 Å². The van der Waals surface area contributed by atoms with Crippen molar-refractivity contribution in [2.75, 3.05) is 13.1 Å². The summed E-state index contributed by atoms with van der Waals surface area (Å²) in [5.74, 6) is 0. The van der Waals surface area contributed by atoms with E-state index < -0.39 is 0 Å². The molecule has 0 bridgehead atoms. The first-order chi connectivity index (χ1) is 11.8. The summed E-state index contributed by atoms with van der Waals surface area (Å²) in [6, 6.07) is 21.5. The predicted octanol–water partition coefficient (Wildman–Crippen LogP) is 5.26. The van der Waals surface area contributed by atoms with Crippen molar-refractivity contribution in [3.63, 3.8) is 0 Å². The Hall–Kier alpha value is -2.45. The first-order valence-corrected chi connectivity index (χ1v) is 8.62. The molecule has 0 fully saturated rings. The van der Waals surface area contributed by atoms with E-state index in [0.29, 0.717) is 0 Å². The van der Waals surface area contributed by atoms with Gasteiger partial charge < -0.3 is 0 Å². The van der Waals surface area contributed by atoms with Crippen molar-refractivity contribution >= 4 is 0 Å². The molecular weight excluding hydrogens is 292 g/mol. The van der Waals surface area contributed by atoms with Crippen LogP contribution in [0.25, 0.3) is 22.3 Å². The SMILES string of the molecule is CCN(CC)Cc1cncc(-c2ccc(-c3ccccc3)cc2)c1. The molecule has 0 unspecified atom stereocenters. The van der Waals surface area contributed by atoms with Gasteiger partial charge in [-0.25, -0.2) is 0 Å². The highest BCUT2D eigenvalue weighted by Crippen LogP contribution is 2.25. The number of rotatable bonds is 6. The third kappa shape index (κ3) is 3.90. The quantitative estimate of drug-likeness (QED) is 0.617. The van der Waals surface area contributed by atoms with Gasteiger partial charge in [0.05, 0.1) is 0 Å². The lowest BCUT2D eigenvalue weighted by Crippen LogP contribution is -2.22. The van der Waals surface area contributed by atoms with E-state index >= 15 is 0 Å². The molecule has 1 aromatic heterocycles. The first kappa shape index (κ1) is 16.4. The van der Waals surface area contributed by atoms with E-state index in [2.05, 4.69) is 78.3 Å². The predicted molar refractivity (Wildman–Crippen MR) is 102 cm³/mol. The first-order valence-electron chi connectivity index (χ1n) is 8.62. The Morgan fingerprint density at radius 1 is 0.708 bits per heavy atom. The zero-order chi connectivity index (χ0) is 16.8. The summed E-state index contributed by atoms with van der Waals surface area (Å²) >= 11 is 0. The molecule has 0 radical (unpaired) electrons. The molecule has 2 nitrogen and oxygen atoms in total. The monoisotopic (exact) mass is 316 g/mol. The van der Waals surface area contributed by atoms with Crippen molar-refractivity contribution in [2.45, 2.75) is 20.4 Å². The maximum atomic E-state index is 4.44. The summed E-state index contributed by atoms with van der Waals surface area (Å²) < 4.78 is 0. The van der Waals surface area contributed by atoms with Crippen LogP contribution in [-0.2, 0) is 6.54 Å². The van der Waals surface area contributed by atoms with Gasteiger partial charge in [0, 0.05) is 24.5 Å². The van der Waals surface area contributed by atoms with Crippen LogP contribution >= 0.6 is 0 Å². The lowest BCUT2D eigenvalue weighted by Gasteiger charge is -2.18. The highest BCUT2D eigenvalue weighted by molar-refractivity contribution is 5.70. The second kappa shape index (κ2) is 7.89. The number of benzene rings is 2. The van der Waals surface area contributed by atoms with Crippen molar-refractivity contribution < 1.29 is 0 Å². The fourth-order valence-electron chi connectivity index (χ4n) is 2.92. The van der Waals surface area contributed by atoms with E-state index in [0.717, 1.165) is 19.6 Å². The minimum Gasteiger partial charge on any atom is -0.300 e. The molecule has 3 rings (SSSR count). The number of hydrogen-bond donors (Lipinski definition) is 0. The van der Waals surface area contributed by atoms with Crippen molar-refractivity contribution in [3.05, 3.63) is 78.6 Å². The van der Waals surface area contributed by atoms with E-state index in [9.17, 15) is 0 Å². The van der Waals surface area contributed by atoms with Crippen LogP contribution in [0.4, 0.5) is 0 Å². The van der Waals surface area contributed by atoms with E-state index in [-0.39, 0.29) is 0 Å². The summed E-state index contributed by atoms with van der Waals surface area (Å²) in [5, 5.41) is 0. The van der Waals surface area contributed by atoms with Gasteiger partial charge in [-0.1, -0.05) is 68.4 Å². The second-order valence-corrected chi connectivity index (χ2v) is 5.99. The Bertz CT molecular complexity index is 759. The summed E-state index contributed by atoms with van der Waals surface area (Å²) in [4.78, 5) is 6.84. The minimum atomic E-state index is 0.954. The Kier molecular flexibility index (Phi) is 5.39. The maximum absolute atomic E-state index is 4.44. The molecule has 0 aliphatic carbocycles. The molecule has 2 aromatic carbocycles. The molecule has 0 atom stereocenters. The van der Waals surface area contributed by atoms with Gasteiger partial charge >= 0.3 is 0 Å². The van der Waals surface area contributed by atoms with Gasteiger partial charge in [-0.3, -0.25) is 9.88 Å². The average molecular weight is 316 g/mol. The van der Waals surface area contributed by atoms with E-state index in [4.69, 9.17) is 0 Å². The summed E-state index contributed by atoms with van der Waals surface area (Å²) in [6.45, 7) is 7.47. The molecule has 0 aliphatic rings. The molecule has 3 aromatic rings. The van der Waals surface area contributed by atoms with Gasteiger partial charge in [0.15, 0.2) is 0 Å². The molecule has 0 amide bonds. The van der Waals surface area contributed by atoms with E-state index in [1.54, 1.807) is 0 Å². The van der Waals surface area contributed by atoms with Crippen LogP contribution in [0.5, 0.6) is 0 Å². The molecule has 0 saturated carbocycles. The van der Waals surface area contributed by atoms with E-state index in [1.807, 2.05) is 18.5 Å². The average Bonchev–Trinajstić information content (AvgIpc) is 2.67. The van der Waals surface area contributed by atoms with Gasteiger partial charge in [0.25, 0.3) is 0 Å². The highest BCUT2D eigenvalue weighted by Gasteiger charge is 2.05. The highest BCUT2D eigenvalue weighted by atomic mass is 15.1. The number of hydrogen-bond acceptors (Lipinski definition) is 2. The lowest BCUT2D eigenvalue weighted by atomic mass is 10.0. The molecular formula is C22H24N2. The molecule has 0 aliphatic heterocycles. The third-order valence-electron chi connectivity index (χ3n) is 4.42. The molecule has 1 heterocycles. The van der Waals surface area contributed by atoms with Crippen molar-refractivity contribution in [1.29, 1.82) is 0 Å². The Morgan fingerprint density at radius 3 is 1.92 bits per heavy atom. The van der Waals surface area contributed by atoms with Crippen LogP contribution in [0.2, 0.25) is 0 Å². The Morgan fingerprint density at radius 2 is 1.29 bits per heavy atom. The van der Waals surface area contributed by atoms with Crippen LogP contribution in [0.1, 0.15) is 19.4 Å². The van der Waals surface area contributed by atoms with Crippen molar-refractivity contribution in [2.24, 2.45) is 0 Å². The Balaban J connectivity index is 1.82. The molecule has 24 heavy (non-hydrogen) atoms. The topological polar surface area (TPSA) is 16.1 Å². The maximum Gasteiger partial charge on any atom is 0.0346 e. The fraction of sp³-hybridized carbons (Fsp3) is 0.227. The van der Waals surface area contributed by atoms with Gasteiger partial charge in [-0.15, -0.1) is 0 Å². The zero-order valence-corrected chi connectivity index (χ0v) is 14.4. The Labute approximate surface area is 144 Å². The van der Waals surface area contributed by atoms with Crippen LogP contribution in [0.15, 0.2) is 73.1 Å². The van der Waals surface area contributed by atoms with Crippen molar-refractivity contribution in [3.8, 4) is 22.3 Å². The van der Waals surface area contributed by atoms with Crippen LogP contribution < -0.4 is 0 Å². The molecule has 122 valence electrons. The number of aromatic nitrogens is 1.